The third kappa shape index (κ3) is 7.10. The van der Waals surface area contributed by atoms with Crippen molar-refractivity contribution in [1.29, 1.82) is 10.5 Å². The van der Waals surface area contributed by atoms with Gasteiger partial charge in [-0.05, 0) is 56.2 Å². The first-order valence-electron chi connectivity index (χ1n) is 7.74. The van der Waals surface area contributed by atoms with Gasteiger partial charge in [-0.3, -0.25) is 0 Å². The van der Waals surface area contributed by atoms with E-state index in [0.29, 0.717) is 5.56 Å². The van der Waals surface area contributed by atoms with Crippen LogP contribution in [0.1, 0.15) is 47.2 Å². The Morgan fingerprint density at radius 1 is 0.800 bits per heavy atom. The van der Waals surface area contributed by atoms with E-state index in [1.165, 1.54) is 29.3 Å². The lowest BCUT2D eigenvalue weighted by Gasteiger charge is -2.08. The molecule has 0 unspecified atom stereocenters. The van der Waals surface area contributed by atoms with Gasteiger partial charge in [-0.1, -0.05) is 31.5 Å². The number of rotatable bonds is 0. The zero-order chi connectivity index (χ0) is 19.6. The van der Waals surface area contributed by atoms with Gasteiger partial charge in [0, 0.05) is 0 Å². The summed E-state index contributed by atoms with van der Waals surface area (Å²) in [6.45, 7) is 9.60. The summed E-state index contributed by atoms with van der Waals surface area (Å²) in [5.74, 6) is 0. The number of nitrogens with zero attached hydrogens (tertiary/aromatic N) is 2. The Labute approximate surface area is 147 Å². The van der Waals surface area contributed by atoms with Gasteiger partial charge in [0.25, 0.3) is 0 Å². The lowest BCUT2D eigenvalue weighted by atomic mass is 10.1. The van der Waals surface area contributed by atoms with Gasteiger partial charge < -0.3 is 0 Å². The standard InChI is InChI=1S/C9H6F3N.C9H9N.C2H6/c1-6-2-3-7(5-13)8(4-6)9(10,11)12;1-7-3-4-9(6-10)5-8(7)2;1-2/h2-4H,1H3;3-5H,1-2H3;1-2H3. The fourth-order valence-electron chi connectivity index (χ4n) is 1.80. The van der Waals surface area contributed by atoms with E-state index in [9.17, 15) is 13.2 Å². The largest absolute Gasteiger partial charge is 0.417 e. The molecule has 2 rings (SSSR count). The molecule has 5 heteroatoms. The average Bonchev–Trinajstić information content (AvgIpc) is 2.59. The van der Waals surface area contributed by atoms with Gasteiger partial charge >= 0.3 is 6.18 Å². The van der Waals surface area contributed by atoms with Crippen LogP contribution in [0.3, 0.4) is 0 Å². The molecule has 25 heavy (non-hydrogen) atoms. The predicted octanol–water partition coefficient (Wildman–Crippen LogP) is 6.09. The first-order valence-corrected chi connectivity index (χ1v) is 7.74. The van der Waals surface area contributed by atoms with Gasteiger partial charge in [0.15, 0.2) is 0 Å². The van der Waals surface area contributed by atoms with E-state index in [4.69, 9.17) is 10.5 Å². The van der Waals surface area contributed by atoms with Gasteiger partial charge in [0.2, 0.25) is 0 Å². The smallest absolute Gasteiger partial charge is 0.192 e. The molecule has 2 aromatic rings. The van der Waals surface area contributed by atoms with E-state index < -0.39 is 11.7 Å². The molecule has 2 nitrogen and oxygen atoms in total. The maximum atomic E-state index is 12.3. The van der Waals surface area contributed by atoms with E-state index in [1.807, 2.05) is 45.9 Å². The van der Waals surface area contributed by atoms with E-state index in [0.717, 1.165) is 11.6 Å². The second-order valence-electron chi connectivity index (χ2n) is 5.07. The lowest BCUT2D eigenvalue weighted by molar-refractivity contribution is -0.137. The predicted molar refractivity (Wildman–Crippen MR) is 92.9 cm³/mol. The summed E-state index contributed by atoms with van der Waals surface area (Å²) in [6, 6.07) is 12.9. The Balaban J connectivity index is 0.000000430. The summed E-state index contributed by atoms with van der Waals surface area (Å²) in [5, 5.41) is 16.9. The van der Waals surface area contributed by atoms with Gasteiger partial charge in [-0.15, -0.1) is 0 Å². The molecule has 2 aromatic carbocycles. The minimum absolute atomic E-state index is 0.335. The monoisotopic (exact) mass is 346 g/mol. The lowest BCUT2D eigenvalue weighted by Crippen LogP contribution is -2.07. The van der Waals surface area contributed by atoms with Crippen LogP contribution in [0.4, 0.5) is 13.2 Å². The fraction of sp³-hybridized carbons (Fsp3) is 0.300. The molecule has 0 aliphatic heterocycles. The molecule has 0 radical (unpaired) electrons. The molecular weight excluding hydrogens is 325 g/mol. The molecule has 0 aliphatic carbocycles. The Hall–Kier alpha value is -2.79. The number of nitriles is 2. The maximum Gasteiger partial charge on any atom is 0.417 e. The Morgan fingerprint density at radius 2 is 1.40 bits per heavy atom. The van der Waals surface area contributed by atoms with Crippen molar-refractivity contribution in [2.24, 2.45) is 0 Å². The molecule has 0 heterocycles. The van der Waals surface area contributed by atoms with E-state index in [-0.39, 0.29) is 5.56 Å². The summed E-state index contributed by atoms with van der Waals surface area (Å²) in [4.78, 5) is 0. The molecule has 0 aromatic heterocycles. The minimum atomic E-state index is -4.45. The van der Waals surface area contributed by atoms with Crippen molar-refractivity contribution in [3.05, 3.63) is 69.8 Å². The highest BCUT2D eigenvalue weighted by atomic mass is 19.4. The highest BCUT2D eigenvalue weighted by Gasteiger charge is 2.33. The van der Waals surface area contributed by atoms with Gasteiger partial charge in [-0.2, -0.15) is 23.7 Å². The van der Waals surface area contributed by atoms with Crippen molar-refractivity contribution in [1.82, 2.24) is 0 Å². The fourth-order valence-corrected chi connectivity index (χ4v) is 1.80. The van der Waals surface area contributed by atoms with E-state index in [2.05, 4.69) is 6.07 Å². The van der Waals surface area contributed by atoms with Crippen LogP contribution >= 0.6 is 0 Å². The number of aryl methyl sites for hydroxylation is 3. The van der Waals surface area contributed by atoms with Crippen LogP contribution in [0.2, 0.25) is 0 Å². The van der Waals surface area contributed by atoms with Crippen molar-refractivity contribution in [2.45, 2.75) is 40.8 Å². The molecule has 0 bridgehead atoms. The highest BCUT2D eigenvalue weighted by Crippen LogP contribution is 2.32. The van der Waals surface area contributed by atoms with Gasteiger partial charge in [0.1, 0.15) is 0 Å². The van der Waals surface area contributed by atoms with E-state index in [1.54, 1.807) is 6.92 Å². The maximum absolute atomic E-state index is 12.3. The van der Waals surface area contributed by atoms with Crippen molar-refractivity contribution < 1.29 is 13.2 Å². The number of benzene rings is 2. The molecule has 0 spiro atoms. The van der Waals surface area contributed by atoms with Crippen molar-refractivity contribution in [3.63, 3.8) is 0 Å². The van der Waals surface area contributed by atoms with Crippen molar-refractivity contribution >= 4 is 0 Å². The van der Waals surface area contributed by atoms with Gasteiger partial charge in [-0.25, -0.2) is 0 Å². The SMILES string of the molecule is CC.Cc1ccc(C#N)c(C(F)(F)F)c1.Cc1ccc(C#N)cc1C. The second kappa shape index (κ2) is 10.2. The third-order valence-corrected chi connectivity index (χ3v) is 3.24. The molecule has 0 saturated carbocycles. The molecule has 0 atom stereocenters. The minimum Gasteiger partial charge on any atom is -0.192 e. The number of halogens is 3. The number of hydrogen-bond donors (Lipinski definition) is 0. The molecule has 0 N–H and O–H groups in total. The normalized spacial score (nSPS) is 9.52. The molecule has 132 valence electrons. The Kier molecular flexibility index (Phi) is 9.02. The summed E-state index contributed by atoms with van der Waals surface area (Å²) >= 11 is 0. The molecule has 0 fully saturated rings. The Bertz CT molecular complexity index is 779. The molecule has 0 aliphatic rings. The molecular formula is C20H21F3N2. The Morgan fingerprint density at radius 3 is 1.84 bits per heavy atom. The highest BCUT2D eigenvalue weighted by molar-refractivity contribution is 5.41. The zero-order valence-corrected chi connectivity index (χ0v) is 15.0. The van der Waals surface area contributed by atoms with E-state index >= 15 is 0 Å². The van der Waals surface area contributed by atoms with Crippen LogP contribution in [0.5, 0.6) is 0 Å². The average molecular weight is 346 g/mol. The zero-order valence-electron chi connectivity index (χ0n) is 15.0. The van der Waals surface area contributed by atoms with Crippen molar-refractivity contribution in [2.75, 3.05) is 0 Å². The second-order valence-corrected chi connectivity index (χ2v) is 5.07. The quantitative estimate of drug-likeness (QED) is 0.580. The first kappa shape index (κ1) is 22.2. The van der Waals surface area contributed by atoms with Crippen LogP contribution in [0, 0.1) is 43.4 Å². The molecule has 0 amide bonds. The third-order valence-electron chi connectivity index (χ3n) is 3.24. The van der Waals surface area contributed by atoms with Gasteiger partial charge in [0.05, 0.1) is 28.8 Å². The van der Waals surface area contributed by atoms with Crippen LogP contribution in [-0.4, -0.2) is 0 Å². The summed E-state index contributed by atoms with van der Waals surface area (Å²) in [7, 11) is 0. The van der Waals surface area contributed by atoms with Crippen LogP contribution < -0.4 is 0 Å². The summed E-state index contributed by atoms with van der Waals surface area (Å²) in [6.07, 6.45) is -4.45. The van der Waals surface area contributed by atoms with Crippen LogP contribution in [-0.2, 0) is 6.18 Å². The van der Waals surface area contributed by atoms with Crippen LogP contribution in [0.15, 0.2) is 36.4 Å². The number of alkyl halides is 3. The summed E-state index contributed by atoms with van der Waals surface area (Å²) in [5.41, 5.74) is 2.44. The van der Waals surface area contributed by atoms with Crippen LogP contribution in [0.25, 0.3) is 0 Å². The first-order chi connectivity index (χ1) is 11.7. The van der Waals surface area contributed by atoms with Crippen molar-refractivity contribution in [3.8, 4) is 12.1 Å². The topological polar surface area (TPSA) is 47.6 Å². The molecule has 0 saturated heterocycles. The summed E-state index contributed by atoms with van der Waals surface area (Å²) < 4.78 is 36.8. The number of hydrogen-bond acceptors (Lipinski definition) is 2.